The van der Waals surface area contributed by atoms with E-state index < -0.39 is 11.9 Å². The number of nitrogens with zero attached hydrogens (tertiary/aromatic N) is 4. The van der Waals surface area contributed by atoms with E-state index in [2.05, 4.69) is 15.5 Å². The van der Waals surface area contributed by atoms with Gasteiger partial charge in [-0.25, -0.2) is 0 Å². The maximum atomic E-state index is 12.3. The summed E-state index contributed by atoms with van der Waals surface area (Å²) < 4.78 is 1.66. The van der Waals surface area contributed by atoms with Gasteiger partial charge < -0.3 is 11.1 Å². The van der Waals surface area contributed by atoms with Crippen molar-refractivity contribution in [1.29, 1.82) is 0 Å². The Balaban J connectivity index is 1.72. The average molecular weight is 326 g/mol. The maximum absolute atomic E-state index is 12.3. The van der Waals surface area contributed by atoms with E-state index >= 15 is 0 Å². The van der Waals surface area contributed by atoms with E-state index in [0.29, 0.717) is 6.54 Å². The zero-order chi connectivity index (χ0) is 17.1. The van der Waals surface area contributed by atoms with Crippen LogP contribution < -0.4 is 16.1 Å². The van der Waals surface area contributed by atoms with Crippen LogP contribution >= 0.6 is 0 Å². The molecule has 24 heavy (non-hydrogen) atoms. The van der Waals surface area contributed by atoms with Gasteiger partial charge in [-0.2, -0.15) is 10.2 Å². The van der Waals surface area contributed by atoms with Crippen LogP contribution in [-0.2, 0) is 23.2 Å². The van der Waals surface area contributed by atoms with E-state index in [0.717, 1.165) is 11.3 Å². The molecule has 0 radical (unpaired) electrons. The number of hydrogen-bond donors (Lipinski definition) is 2. The molecule has 0 saturated heterocycles. The van der Waals surface area contributed by atoms with Crippen LogP contribution in [0.4, 0.5) is 5.69 Å². The third-order valence-electron chi connectivity index (χ3n) is 3.73. The van der Waals surface area contributed by atoms with Crippen LogP contribution in [0.2, 0.25) is 0 Å². The van der Waals surface area contributed by atoms with Crippen molar-refractivity contribution in [2.75, 3.05) is 5.01 Å². The Morgan fingerprint density at radius 1 is 1.33 bits per heavy atom. The highest BCUT2D eigenvalue weighted by Gasteiger charge is 2.34. The highest BCUT2D eigenvalue weighted by Crippen LogP contribution is 2.24. The summed E-state index contributed by atoms with van der Waals surface area (Å²) in [6.45, 7) is 0.346. The Kier molecular flexibility index (Phi) is 4.28. The van der Waals surface area contributed by atoms with E-state index in [9.17, 15) is 9.59 Å². The Morgan fingerprint density at radius 2 is 2.08 bits per heavy atom. The van der Waals surface area contributed by atoms with Crippen molar-refractivity contribution in [3.8, 4) is 0 Å². The average Bonchev–Trinajstić information content (AvgIpc) is 3.20. The zero-order valence-electron chi connectivity index (χ0n) is 13.2. The van der Waals surface area contributed by atoms with Gasteiger partial charge >= 0.3 is 0 Å². The minimum atomic E-state index is -0.661. The van der Waals surface area contributed by atoms with Gasteiger partial charge in [0.25, 0.3) is 5.91 Å². The van der Waals surface area contributed by atoms with Crippen LogP contribution in [0.25, 0.3) is 0 Å². The molecular weight excluding hydrogens is 308 g/mol. The summed E-state index contributed by atoms with van der Waals surface area (Å²) in [5, 5.41) is 12.6. The number of aromatic nitrogens is 2. The number of rotatable bonds is 5. The topological polar surface area (TPSA) is 106 Å². The van der Waals surface area contributed by atoms with Gasteiger partial charge in [0.1, 0.15) is 11.8 Å². The molecule has 0 fully saturated rings. The third-order valence-corrected chi connectivity index (χ3v) is 3.73. The van der Waals surface area contributed by atoms with Crippen LogP contribution in [-0.4, -0.2) is 33.3 Å². The highest BCUT2D eigenvalue weighted by atomic mass is 16.2. The van der Waals surface area contributed by atoms with Crippen LogP contribution in [0.3, 0.4) is 0 Å². The molecule has 1 aliphatic heterocycles. The SMILES string of the molecule is Cn1cc(CNC(=O)C2=NN(c3ccccc3)[C@H](C(N)=O)C2)cn1. The second kappa shape index (κ2) is 6.53. The van der Waals surface area contributed by atoms with Gasteiger partial charge in [-0.3, -0.25) is 19.3 Å². The van der Waals surface area contributed by atoms with Crippen molar-refractivity contribution >= 4 is 23.2 Å². The van der Waals surface area contributed by atoms with Gasteiger partial charge in [-0.15, -0.1) is 0 Å². The summed E-state index contributed by atoms with van der Waals surface area (Å²) >= 11 is 0. The molecule has 1 atom stereocenters. The minimum absolute atomic E-state index is 0.184. The van der Waals surface area contributed by atoms with Gasteiger partial charge in [0.15, 0.2) is 0 Å². The number of benzene rings is 1. The van der Waals surface area contributed by atoms with Crippen LogP contribution in [0.5, 0.6) is 0 Å². The van der Waals surface area contributed by atoms with Crippen molar-refractivity contribution in [1.82, 2.24) is 15.1 Å². The van der Waals surface area contributed by atoms with Crippen molar-refractivity contribution in [2.45, 2.75) is 19.0 Å². The van der Waals surface area contributed by atoms with Gasteiger partial charge in [-0.1, -0.05) is 18.2 Å². The number of aryl methyl sites for hydroxylation is 1. The fourth-order valence-electron chi connectivity index (χ4n) is 2.54. The molecule has 1 aromatic carbocycles. The number of nitrogens with two attached hydrogens (primary N) is 1. The lowest BCUT2D eigenvalue weighted by Gasteiger charge is -2.20. The molecule has 1 aliphatic rings. The Labute approximate surface area is 138 Å². The molecule has 2 heterocycles. The Hall–Kier alpha value is -3.16. The largest absolute Gasteiger partial charge is 0.368 e. The Bertz CT molecular complexity index is 783. The molecule has 0 aliphatic carbocycles. The number of carbonyl (C=O) groups excluding carboxylic acids is 2. The number of primary amides is 1. The molecule has 1 aromatic heterocycles. The van der Waals surface area contributed by atoms with Crippen LogP contribution in [0.1, 0.15) is 12.0 Å². The third kappa shape index (κ3) is 3.27. The number of para-hydroxylation sites is 1. The molecule has 0 unspecified atom stereocenters. The predicted molar refractivity (Wildman–Crippen MR) is 89.0 cm³/mol. The molecule has 3 rings (SSSR count). The van der Waals surface area contributed by atoms with Crippen molar-refractivity contribution in [3.05, 3.63) is 48.3 Å². The van der Waals surface area contributed by atoms with Crippen molar-refractivity contribution in [2.24, 2.45) is 17.9 Å². The van der Waals surface area contributed by atoms with Crippen LogP contribution in [0, 0.1) is 0 Å². The predicted octanol–water partition coefficient (Wildman–Crippen LogP) is 0.157. The first-order chi connectivity index (χ1) is 11.5. The van der Waals surface area contributed by atoms with Crippen molar-refractivity contribution < 1.29 is 9.59 Å². The summed E-state index contributed by atoms with van der Waals surface area (Å²) in [7, 11) is 1.81. The standard InChI is InChI=1S/C16H18N6O2/c1-21-10-11(9-19-21)8-18-16(24)13-7-14(15(17)23)22(20-13)12-5-3-2-4-6-12/h2-6,9-10,14H,7-8H2,1H3,(H2,17,23)(H,18,24)/t14-/m0/s1. The van der Waals surface area contributed by atoms with Crippen molar-refractivity contribution in [3.63, 3.8) is 0 Å². The van der Waals surface area contributed by atoms with E-state index in [1.165, 1.54) is 5.01 Å². The molecule has 8 heteroatoms. The van der Waals surface area contributed by atoms with E-state index in [1.54, 1.807) is 10.9 Å². The smallest absolute Gasteiger partial charge is 0.267 e. The summed E-state index contributed by atoms with van der Waals surface area (Å²) in [5.74, 6) is -0.832. The van der Waals surface area contributed by atoms with Gasteiger partial charge in [0.2, 0.25) is 5.91 Å². The number of carbonyl (C=O) groups is 2. The fourth-order valence-corrected chi connectivity index (χ4v) is 2.54. The molecule has 8 nitrogen and oxygen atoms in total. The molecule has 2 amide bonds. The molecule has 3 N–H and O–H groups in total. The first kappa shape index (κ1) is 15.7. The first-order valence-corrected chi connectivity index (χ1v) is 7.51. The van der Waals surface area contributed by atoms with Gasteiger partial charge in [-0.05, 0) is 12.1 Å². The van der Waals surface area contributed by atoms with Gasteiger partial charge in [0.05, 0.1) is 11.9 Å². The molecule has 2 aromatic rings. The lowest BCUT2D eigenvalue weighted by molar-refractivity contribution is -0.119. The molecular formula is C16H18N6O2. The molecule has 0 saturated carbocycles. The summed E-state index contributed by atoms with van der Waals surface area (Å²) in [6.07, 6.45) is 3.68. The van der Waals surface area contributed by atoms with Gasteiger partial charge in [0, 0.05) is 31.8 Å². The monoisotopic (exact) mass is 326 g/mol. The van der Waals surface area contributed by atoms with E-state index in [4.69, 9.17) is 5.73 Å². The molecule has 0 bridgehead atoms. The molecule has 0 spiro atoms. The van der Waals surface area contributed by atoms with Crippen LogP contribution in [0.15, 0.2) is 47.8 Å². The summed E-state index contributed by atoms with van der Waals surface area (Å²) in [4.78, 5) is 24.0. The summed E-state index contributed by atoms with van der Waals surface area (Å²) in [6, 6.07) is 8.51. The number of amides is 2. The fraction of sp³-hybridized carbons (Fsp3) is 0.250. The maximum Gasteiger partial charge on any atom is 0.267 e. The second-order valence-electron chi connectivity index (χ2n) is 5.55. The number of hydrazone groups is 1. The summed E-state index contributed by atoms with van der Waals surface area (Å²) in [5.41, 5.74) is 7.35. The second-order valence-corrected chi connectivity index (χ2v) is 5.55. The number of anilines is 1. The number of nitrogens with one attached hydrogen (secondary N) is 1. The Morgan fingerprint density at radius 3 is 2.71 bits per heavy atom. The van der Waals surface area contributed by atoms with E-state index in [-0.39, 0.29) is 18.0 Å². The normalized spacial score (nSPS) is 16.8. The first-order valence-electron chi connectivity index (χ1n) is 7.51. The lowest BCUT2D eigenvalue weighted by Crippen LogP contribution is -2.39. The quantitative estimate of drug-likeness (QED) is 0.816. The minimum Gasteiger partial charge on any atom is -0.368 e. The highest BCUT2D eigenvalue weighted by molar-refractivity contribution is 6.40. The molecule has 124 valence electrons. The number of hydrogen-bond acceptors (Lipinski definition) is 5. The zero-order valence-corrected chi connectivity index (χ0v) is 13.2. The lowest BCUT2D eigenvalue weighted by atomic mass is 10.1. The van der Waals surface area contributed by atoms with E-state index in [1.807, 2.05) is 43.6 Å².